The van der Waals surface area contributed by atoms with Gasteiger partial charge in [0.25, 0.3) is 11.8 Å². The van der Waals surface area contributed by atoms with E-state index in [4.69, 9.17) is 0 Å². The Morgan fingerprint density at radius 2 is 2.09 bits per heavy atom. The molecule has 3 heterocycles. The van der Waals surface area contributed by atoms with Gasteiger partial charge in [-0.25, -0.2) is 9.07 Å². The molecule has 2 aliphatic heterocycles. The predicted octanol–water partition coefficient (Wildman–Crippen LogP) is 2.22. The van der Waals surface area contributed by atoms with Crippen LogP contribution in [0.3, 0.4) is 0 Å². The standard InChI is InChI=1S/C23H31FN6O2/c1-15(2)10-19-14-30-21(23(32)26-19)20(27-28-30)22(31)25-12-16-6-8-29(9-7-16)13-17-4-3-5-18(24)11-17/h3-5,11,15-16,19H,6-10,12-14H2,1-2H3,(H,25,31)(H,26,32). The number of hydrogen-bond acceptors (Lipinski definition) is 5. The van der Waals surface area contributed by atoms with Gasteiger partial charge in [0.2, 0.25) is 0 Å². The van der Waals surface area contributed by atoms with E-state index in [0.29, 0.717) is 24.9 Å². The van der Waals surface area contributed by atoms with Gasteiger partial charge < -0.3 is 10.6 Å². The lowest BCUT2D eigenvalue weighted by atomic mass is 9.96. The third-order valence-corrected chi connectivity index (χ3v) is 6.20. The Bertz CT molecular complexity index is 967. The Labute approximate surface area is 187 Å². The Morgan fingerprint density at radius 1 is 1.31 bits per heavy atom. The van der Waals surface area contributed by atoms with Crippen LogP contribution in [0.25, 0.3) is 0 Å². The van der Waals surface area contributed by atoms with Crippen LogP contribution in [-0.4, -0.2) is 57.4 Å². The minimum Gasteiger partial charge on any atom is -0.350 e. The van der Waals surface area contributed by atoms with Gasteiger partial charge in [0, 0.05) is 19.1 Å². The SMILES string of the molecule is CC(C)CC1Cn2nnc(C(=O)NCC3CCN(Cc4cccc(F)c4)CC3)c2C(=O)N1. The first-order valence-electron chi connectivity index (χ1n) is 11.4. The monoisotopic (exact) mass is 442 g/mol. The zero-order valence-electron chi connectivity index (χ0n) is 18.7. The number of hydrogen-bond donors (Lipinski definition) is 2. The molecule has 0 radical (unpaired) electrons. The van der Waals surface area contributed by atoms with Gasteiger partial charge in [0.05, 0.1) is 6.54 Å². The molecule has 1 saturated heterocycles. The van der Waals surface area contributed by atoms with Gasteiger partial charge in [-0.1, -0.05) is 31.2 Å². The van der Waals surface area contributed by atoms with Crippen LogP contribution in [0, 0.1) is 17.7 Å². The summed E-state index contributed by atoms with van der Waals surface area (Å²) >= 11 is 0. The average molecular weight is 443 g/mol. The summed E-state index contributed by atoms with van der Waals surface area (Å²) in [5, 5.41) is 13.9. The van der Waals surface area contributed by atoms with E-state index < -0.39 is 0 Å². The number of carbonyl (C=O) groups excluding carboxylic acids is 2. The third kappa shape index (κ3) is 5.32. The van der Waals surface area contributed by atoms with E-state index >= 15 is 0 Å². The molecule has 2 aliphatic rings. The third-order valence-electron chi connectivity index (χ3n) is 6.20. The second-order valence-electron chi connectivity index (χ2n) is 9.33. The molecule has 2 amide bonds. The molecule has 1 unspecified atom stereocenters. The first kappa shape index (κ1) is 22.4. The van der Waals surface area contributed by atoms with Gasteiger partial charge in [-0.05, 0) is 61.9 Å². The number of likely N-dealkylation sites (tertiary alicyclic amines) is 1. The molecular weight excluding hydrogens is 411 g/mol. The van der Waals surface area contributed by atoms with Gasteiger partial charge in [-0.15, -0.1) is 5.10 Å². The van der Waals surface area contributed by atoms with Gasteiger partial charge in [0.1, 0.15) is 5.82 Å². The van der Waals surface area contributed by atoms with Gasteiger partial charge in [0.15, 0.2) is 11.4 Å². The van der Waals surface area contributed by atoms with E-state index in [1.807, 2.05) is 6.07 Å². The maximum atomic E-state index is 13.4. The van der Waals surface area contributed by atoms with Crippen LogP contribution in [-0.2, 0) is 13.1 Å². The van der Waals surface area contributed by atoms with Crippen molar-refractivity contribution in [1.29, 1.82) is 0 Å². The quantitative estimate of drug-likeness (QED) is 0.686. The summed E-state index contributed by atoms with van der Waals surface area (Å²) in [5.41, 5.74) is 1.31. The minimum absolute atomic E-state index is 0.00479. The number of piperidine rings is 1. The van der Waals surface area contributed by atoms with Crippen LogP contribution in [0.1, 0.15) is 59.7 Å². The number of nitrogens with zero attached hydrogens (tertiary/aromatic N) is 4. The maximum absolute atomic E-state index is 13.4. The second-order valence-corrected chi connectivity index (χ2v) is 9.33. The van der Waals surface area contributed by atoms with Crippen molar-refractivity contribution in [2.75, 3.05) is 19.6 Å². The summed E-state index contributed by atoms with van der Waals surface area (Å²) in [6.07, 6.45) is 2.75. The normalized spacial score (nSPS) is 19.6. The number of fused-ring (bicyclic) bond motifs is 1. The molecule has 0 bridgehead atoms. The number of benzene rings is 1. The van der Waals surface area contributed by atoms with E-state index in [-0.39, 0.29) is 35.1 Å². The molecule has 0 aliphatic carbocycles. The molecule has 2 N–H and O–H groups in total. The number of nitrogens with one attached hydrogen (secondary N) is 2. The van der Waals surface area contributed by atoms with Crippen LogP contribution in [0.4, 0.5) is 4.39 Å². The van der Waals surface area contributed by atoms with Crippen LogP contribution < -0.4 is 10.6 Å². The molecule has 9 heteroatoms. The Hall–Kier alpha value is -2.81. The van der Waals surface area contributed by atoms with Gasteiger partial charge in [-0.2, -0.15) is 0 Å². The largest absolute Gasteiger partial charge is 0.350 e. The molecular formula is C23H31FN6O2. The van der Waals surface area contributed by atoms with E-state index in [2.05, 4.69) is 39.7 Å². The van der Waals surface area contributed by atoms with Gasteiger partial charge in [-0.3, -0.25) is 14.5 Å². The number of aromatic nitrogens is 3. The molecule has 2 aromatic rings. The van der Waals surface area contributed by atoms with Crippen molar-refractivity contribution in [2.45, 2.75) is 52.2 Å². The number of amides is 2. The van der Waals surface area contributed by atoms with Crippen molar-refractivity contribution >= 4 is 11.8 Å². The summed E-state index contributed by atoms with van der Waals surface area (Å²) in [5.74, 6) is -0.0411. The summed E-state index contributed by atoms with van der Waals surface area (Å²) < 4.78 is 14.9. The van der Waals surface area contributed by atoms with Crippen molar-refractivity contribution in [3.63, 3.8) is 0 Å². The highest BCUT2D eigenvalue weighted by Crippen LogP contribution is 2.20. The topological polar surface area (TPSA) is 92.2 Å². The maximum Gasteiger partial charge on any atom is 0.274 e. The molecule has 1 aromatic carbocycles. The van der Waals surface area contributed by atoms with E-state index in [0.717, 1.165) is 44.5 Å². The fourth-order valence-electron chi connectivity index (χ4n) is 4.59. The van der Waals surface area contributed by atoms with Crippen molar-refractivity contribution < 1.29 is 14.0 Å². The minimum atomic E-state index is -0.356. The van der Waals surface area contributed by atoms with Crippen LogP contribution >= 0.6 is 0 Å². The highest BCUT2D eigenvalue weighted by Gasteiger charge is 2.32. The predicted molar refractivity (Wildman–Crippen MR) is 117 cm³/mol. The fraction of sp³-hybridized carbons (Fsp3) is 0.565. The van der Waals surface area contributed by atoms with Gasteiger partial charge >= 0.3 is 0 Å². The van der Waals surface area contributed by atoms with E-state index in [1.54, 1.807) is 16.8 Å². The zero-order valence-corrected chi connectivity index (χ0v) is 18.7. The molecule has 32 heavy (non-hydrogen) atoms. The lowest BCUT2D eigenvalue weighted by Crippen LogP contribution is -2.46. The summed E-state index contributed by atoms with van der Waals surface area (Å²) in [7, 11) is 0. The summed E-state index contributed by atoms with van der Waals surface area (Å²) in [6, 6.07) is 6.72. The van der Waals surface area contributed by atoms with Crippen molar-refractivity contribution in [1.82, 2.24) is 30.5 Å². The van der Waals surface area contributed by atoms with Crippen molar-refractivity contribution in [3.8, 4) is 0 Å². The second kappa shape index (κ2) is 9.77. The number of carbonyl (C=O) groups is 2. The average Bonchev–Trinajstić information content (AvgIpc) is 3.17. The Balaban J connectivity index is 1.26. The highest BCUT2D eigenvalue weighted by atomic mass is 19.1. The summed E-state index contributed by atoms with van der Waals surface area (Å²) in [4.78, 5) is 27.6. The molecule has 0 saturated carbocycles. The molecule has 1 atom stereocenters. The van der Waals surface area contributed by atoms with Crippen LogP contribution in [0.5, 0.6) is 0 Å². The molecule has 4 rings (SSSR count). The van der Waals surface area contributed by atoms with E-state index in [1.165, 1.54) is 6.07 Å². The first-order chi connectivity index (χ1) is 15.4. The number of rotatable bonds is 7. The Morgan fingerprint density at radius 3 is 2.81 bits per heavy atom. The van der Waals surface area contributed by atoms with Crippen molar-refractivity contribution in [3.05, 3.63) is 47.0 Å². The lowest BCUT2D eigenvalue weighted by Gasteiger charge is -2.32. The lowest BCUT2D eigenvalue weighted by molar-refractivity contribution is 0.0866. The first-order valence-corrected chi connectivity index (χ1v) is 11.4. The molecule has 8 nitrogen and oxygen atoms in total. The fourth-order valence-corrected chi connectivity index (χ4v) is 4.59. The molecule has 1 aromatic heterocycles. The highest BCUT2D eigenvalue weighted by molar-refractivity contribution is 6.05. The Kier molecular flexibility index (Phi) is 6.83. The summed E-state index contributed by atoms with van der Waals surface area (Å²) in [6.45, 7) is 7.81. The van der Waals surface area contributed by atoms with E-state index in [9.17, 15) is 14.0 Å². The molecule has 0 spiro atoms. The van der Waals surface area contributed by atoms with Crippen LogP contribution in [0.15, 0.2) is 24.3 Å². The van der Waals surface area contributed by atoms with Crippen molar-refractivity contribution in [2.24, 2.45) is 11.8 Å². The smallest absolute Gasteiger partial charge is 0.274 e. The van der Waals surface area contributed by atoms with Crippen LogP contribution in [0.2, 0.25) is 0 Å². The molecule has 172 valence electrons. The molecule has 1 fully saturated rings. The number of halogens is 1. The zero-order chi connectivity index (χ0) is 22.7.